The lowest BCUT2D eigenvalue weighted by molar-refractivity contribution is 0.111. The van der Waals surface area contributed by atoms with Gasteiger partial charge in [-0.1, -0.05) is 0 Å². The molecule has 1 heterocycles. The van der Waals surface area contributed by atoms with Crippen LogP contribution in [-0.2, 0) is 36.9 Å². The number of hydrogen-bond donors (Lipinski definition) is 4. The summed E-state index contributed by atoms with van der Waals surface area (Å²) in [6.45, 7) is 0.379. The first-order valence-corrected chi connectivity index (χ1v) is 11.8. The first-order chi connectivity index (χ1) is 14.2. The predicted molar refractivity (Wildman–Crippen MR) is 100 cm³/mol. The second kappa shape index (κ2) is 9.37. The molecule has 0 saturated carbocycles. The van der Waals surface area contributed by atoms with Crippen molar-refractivity contribution in [3.8, 4) is 5.75 Å². The fourth-order valence-electron chi connectivity index (χ4n) is 2.21. The number of aldehydes is 1. The van der Waals surface area contributed by atoms with Crippen LogP contribution in [0.3, 0.4) is 0 Å². The number of aryl methyl sites for hydroxylation is 1. The SMILES string of the molecule is Cc1nc(N=Nc2ccc(S(=O)(=O)O)cc2S(=O)[O-])c(COP(=O)(O)O)c(C=O)c1O. The third-order valence-electron chi connectivity index (χ3n) is 3.62. The van der Waals surface area contributed by atoms with Gasteiger partial charge in [0.1, 0.15) is 11.4 Å². The van der Waals surface area contributed by atoms with Crippen LogP contribution >= 0.6 is 7.82 Å². The maximum Gasteiger partial charge on any atom is 0.469 e. The van der Waals surface area contributed by atoms with Crippen molar-refractivity contribution < 1.29 is 50.5 Å². The number of aromatic nitrogens is 1. The second-order valence-corrected chi connectivity index (χ2v) is 9.25. The Bertz CT molecular complexity index is 1240. The van der Waals surface area contributed by atoms with Crippen LogP contribution in [0.1, 0.15) is 21.6 Å². The van der Waals surface area contributed by atoms with Crippen molar-refractivity contribution in [2.24, 2.45) is 10.2 Å². The molecule has 0 bridgehead atoms. The zero-order valence-electron chi connectivity index (χ0n) is 15.3. The van der Waals surface area contributed by atoms with Gasteiger partial charge in [0.2, 0.25) is 0 Å². The molecule has 17 heteroatoms. The van der Waals surface area contributed by atoms with Crippen molar-refractivity contribution in [1.29, 1.82) is 0 Å². The fourth-order valence-corrected chi connectivity index (χ4v) is 3.59. The first-order valence-electron chi connectivity index (χ1n) is 7.75. The molecule has 0 aliphatic heterocycles. The number of phosphoric ester groups is 1. The van der Waals surface area contributed by atoms with Crippen LogP contribution in [0.15, 0.2) is 38.2 Å². The van der Waals surface area contributed by atoms with E-state index in [1.165, 1.54) is 6.92 Å². The molecule has 1 aromatic carbocycles. The number of pyridine rings is 1. The molecule has 0 saturated heterocycles. The van der Waals surface area contributed by atoms with Crippen LogP contribution in [0.4, 0.5) is 11.5 Å². The lowest BCUT2D eigenvalue weighted by Crippen LogP contribution is -2.01. The average molecular weight is 494 g/mol. The van der Waals surface area contributed by atoms with Gasteiger partial charge < -0.3 is 19.4 Å². The number of phosphoric acid groups is 1. The second-order valence-electron chi connectivity index (χ2n) is 5.68. The molecule has 0 amide bonds. The van der Waals surface area contributed by atoms with E-state index in [-0.39, 0.29) is 23.2 Å². The van der Waals surface area contributed by atoms with Gasteiger partial charge in [-0.25, -0.2) is 9.55 Å². The van der Waals surface area contributed by atoms with Crippen LogP contribution in [0.2, 0.25) is 0 Å². The molecule has 0 aliphatic carbocycles. The van der Waals surface area contributed by atoms with Crippen LogP contribution < -0.4 is 0 Å². The molecule has 1 unspecified atom stereocenters. The van der Waals surface area contributed by atoms with Crippen molar-refractivity contribution >= 4 is 46.8 Å². The smallest absolute Gasteiger partial charge is 0.469 e. The highest BCUT2D eigenvalue weighted by Gasteiger charge is 2.22. The Labute approximate surface area is 176 Å². The van der Waals surface area contributed by atoms with Gasteiger partial charge in [-0.3, -0.25) is 18.1 Å². The normalized spacial score (nSPS) is 13.5. The van der Waals surface area contributed by atoms with E-state index in [0.717, 1.165) is 12.1 Å². The standard InChI is InChI=1S/C14H14N3O11PS2/c1-7-13(19)9(5-18)10(6-28-29(20,21)22)14(15-7)17-16-11-3-2-8(31(25,26)27)4-12(11)30(23)24/h2-5,19H,6H2,1H3,(H,23,24)(H2,20,21,22)(H,25,26,27)/p-1. The van der Waals surface area contributed by atoms with Crippen molar-refractivity contribution in [3.63, 3.8) is 0 Å². The Balaban J connectivity index is 2.62. The highest BCUT2D eigenvalue weighted by Crippen LogP contribution is 2.40. The van der Waals surface area contributed by atoms with Gasteiger partial charge in [0.05, 0.1) is 27.7 Å². The third-order valence-corrected chi connectivity index (χ3v) is 5.62. The maximum absolute atomic E-state index is 11.4. The number of carbonyl (C=O) groups excluding carboxylic acids is 1. The molecule has 2 aromatic rings. The fraction of sp³-hybridized carbons (Fsp3) is 0.143. The zero-order chi connectivity index (χ0) is 23.6. The predicted octanol–water partition coefficient (Wildman–Crippen LogP) is 1.42. The molecular weight excluding hydrogens is 481 g/mol. The molecule has 0 spiro atoms. The molecule has 2 rings (SSSR count). The van der Waals surface area contributed by atoms with E-state index in [4.69, 9.17) is 14.3 Å². The summed E-state index contributed by atoms with van der Waals surface area (Å²) in [5, 5.41) is 17.2. The average Bonchev–Trinajstić information content (AvgIpc) is 2.65. The lowest BCUT2D eigenvalue weighted by Gasteiger charge is -2.12. The van der Waals surface area contributed by atoms with Crippen molar-refractivity contribution in [1.82, 2.24) is 4.98 Å². The lowest BCUT2D eigenvalue weighted by atomic mass is 10.1. The number of rotatable bonds is 8. The molecule has 0 fully saturated rings. The Morgan fingerprint density at radius 2 is 1.97 bits per heavy atom. The van der Waals surface area contributed by atoms with Crippen molar-refractivity contribution in [2.45, 2.75) is 23.3 Å². The zero-order valence-corrected chi connectivity index (χ0v) is 17.8. The number of nitrogens with zero attached hydrogens (tertiary/aromatic N) is 3. The van der Waals surface area contributed by atoms with Gasteiger partial charge in [-0.15, -0.1) is 10.2 Å². The summed E-state index contributed by atoms with van der Waals surface area (Å²) in [7, 11) is -9.69. The minimum Gasteiger partial charge on any atom is -0.768 e. The molecular formula is C14H13N3O11PS2-. The van der Waals surface area contributed by atoms with Crippen molar-refractivity contribution in [2.75, 3.05) is 0 Å². The minimum atomic E-state index is -4.99. The quantitative estimate of drug-likeness (QED) is 0.134. The molecule has 168 valence electrons. The van der Waals surface area contributed by atoms with E-state index >= 15 is 0 Å². The van der Waals surface area contributed by atoms with E-state index in [9.17, 15) is 31.6 Å². The Morgan fingerprint density at radius 3 is 2.48 bits per heavy atom. The van der Waals surface area contributed by atoms with Crippen LogP contribution in [0.25, 0.3) is 0 Å². The molecule has 4 N–H and O–H groups in total. The maximum atomic E-state index is 11.4. The van der Waals surface area contributed by atoms with Gasteiger partial charge >= 0.3 is 7.82 Å². The van der Waals surface area contributed by atoms with Gasteiger partial charge in [-0.2, -0.15) is 8.42 Å². The number of carbonyl (C=O) groups is 1. The number of aromatic hydroxyl groups is 1. The number of hydrogen-bond acceptors (Lipinski definition) is 11. The molecule has 1 aromatic heterocycles. The monoisotopic (exact) mass is 494 g/mol. The van der Waals surface area contributed by atoms with E-state index in [1.54, 1.807) is 0 Å². The van der Waals surface area contributed by atoms with Gasteiger partial charge in [0, 0.05) is 5.56 Å². The van der Waals surface area contributed by atoms with E-state index in [2.05, 4.69) is 19.7 Å². The van der Waals surface area contributed by atoms with Crippen molar-refractivity contribution in [3.05, 3.63) is 35.0 Å². The molecule has 0 radical (unpaired) electrons. The summed E-state index contributed by atoms with van der Waals surface area (Å²) in [5.74, 6) is -1.04. The van der Waals surface area contributed by atoms with E-state index in [1.807, 2.05) is 0 Å². The topological polar surface area (TPSA) is 236 Å². The van der Waals surface area contributed by atoms with Crippen LogP contribution in [-0.4, -0.2) is 47.9 Å². The number of azo groups is 1. The summed E-state index contributed by atoms with van der Waals surface area (Å²) in [6.07, 6.45) is 0.167. The molecule has 31 heavy (non-hydrogen) atoms. The van der Waals surface area contributed by atoms with Gasteiger partial charge in [0.15, 0.2) is 12.1 Å². The third kappa shape index (κ3) is 6.28. The van der Waals surface area contributed by atoms with Gasteiger partial charge in [0.25, 0.3) is 10.1 Å². The molecule has 14 nitrogen and oxygen atoms in total. The Hall–Kier alpha value is -2.43. The highest BCUT2D eigenvalue weighted by molar-refractivity contribution is 7.86. The van der Waals surface area contributed by atoms with Crippen LogP contribution in [0.5, 0.6) is 5.75 Å². The summed E-state index contributed by atoms with van der Waals surface area (Å²) in [6, 6.07) is 2.39. The minimum absolute atomic E-state index is 0.106. The summed E-state index contributed by atoms with van der Waals surface area (Å²) < 4.78 is 69.6. The summed E-state index contributed by atoms with van der Waals surface area (Å²) in [5.41, 5.74) is -1.29. The Morgan fingerprint density at radius 1 is 1.32 bits per heavy atom. The first kappa shape index (κ1) is 24.8. The largest absolute Gasteiger partial charge is 0.768 e. The van der Waals surface area contributed by atoms with Crippen LogP contribution in [0, 0.1) is 6.92 Å². The highest BCUT2D eigenvalue weighted by atomic mass is 32.2. The summed E-state index contributed by atoms with van der Waals surface area (Å²) in [4.78, 5) is 31.6. The van der Waals surface area contributed by atoms with E-state index < -0.39 is 62.5 Å². The molecule has 0 aliphatic rings. The number of benzene rings is 1. The van der Waals surface area contributed by atoms with E-state index in [0.29, 0.717) is 6.07 Å². The molecule has 1 atom stereocenters. The van der Waals surface area contributed by atoms with Gasteiger partial charge in [-0.05, 0) is 36.2 Å². The Kier molecular flexibility index (Phi) is 7.51. The summed E-state index contributed by atoms with van der Waals surface area (Å²) >= 11 is -3.00.